The molecule has 2 nitrogen and oxygen atoms in total. The number of hydrogen-bond donors (Lipinski definition) is 1. The number of hydrogen-bond acceptors (Lipinski definition) is 3. The molecule has 1 fully saturated rings. The van der Waals surface area contributed by atoms with Crippen molar-refractivity contribution in [1.29, 1.82) is 0 Å². The Labute approximate surface area is 243 Å². The minimum absolute atomic E-state index is 0.232. The van der Waals surface area contributed by atoms with Gasteiger partial charge < -0.3 is 0 Å². The van der Waals surface area contributed by atoms with E-state index in [9.17, 15) is 0 Å². The smallest absolute Gasteiger partial charge is 0.151 e. The third-order valence-corrected chi connectivity index (χ3v) is 10.7. The van der Waals surface area contributed by atoms with Crippen molar-refractivity contribution in [2.75, 3.05) is 0 Å². The van der Waals surface area contributed by atoms with E-state index in [2.05, 4.69) is 65.8 Å². The summed E-state index contributed by atoms with van der Waals surface area (Å²) in [5.74, 6) is 0. The molecule has 4 heteroatoms. The topological polar surface area (TPSA) is 15.3 Å². The summed E-state index contributed by atoms with van der Waals surface area (Å²) in [5, 5.41) is 3.03. The summed E-state index contributed by atoms with van der Waals surface area (Å²) in [6, 6.07) is 0.890. The molecule has 1 aliphatic heterocycles. The average molecular weight is 555 g/mol. The molecule has 1 saturated heterocycles. The van der Waals surface area contributed by atoms with Crippen molar-refractivity contribution < 1.29 is 0 Å². The van der Waals surface area contributed by atoms with Gasteiger partial charge in [-0.1, -0.05) is 175 Å². The van der Waals surface area contributed by atoms with Gasteiger partial charge in [0.15, 0.2) is 4.32 Å². The van der Waals surface area contributed by atoms with Crippen LogP contribution < -0.4 is 5.43 Å². The summed E-state index contributed by atoms with van der Waals surface area (Å²) in [4.78, 5) is 0. The largest absolute Gasteiger partial charge is 0.289 e. The first kappa shape index (κ1) is 35.2. The third-order valence-electron chi connectivity index (χ3n) is 8.92. The van der Waals surface area contributed by atoms with Crippen LogP contribution >= 0.6 is 24.0 Å². The molecule has 0 bridgehead atoms. The highest BCUT2D eigenvalue weighted by Gasteiger charge is 2.44. The van der Waals surface area contributed by atoms with Gasteiger partial charge in [-0.3, -0.25) is 5.01 Å². The van der Waals surface area contributed by atoms with Gasteiger partial charge in [-0.05, 0) is 37.0 Å². The zero-order chi connectivity index (χ0) is 27.7. The number of unbranched alkanes of at least 4 members (excludes halogenated alkanes) is 13. The average Bonchev–Trinajstić information content (AvgIpc) is 3.11. The Morgan fingerprint density at radius 1 is 0.703 bits per heavy atom. The molecule has 220 valence electrons. The molecule has 0 amide bonds. The lowest BCUT2D eigenvalue weighted by molar-refractivity contribution is 0.0362. The molecule has 0 aromatic carbocycles. The molecule has 0 aromatic heterocycles. The second kappa shape index (κ2) is 19.3. The van der Waals surface area contributed by atoms with E-state index in [1.807, 2.05) is 11.8 Å². The lowest BCUT2D eigenvalue weighted by Gasteiger charge is -2.48. The first-order valence-corrected chi connectivity index (χ1v) is 17.7. The molecular weight excluding hydrogens is 489 g/mol. The van der Waals surface area contributed by atoms with Gasteiger partial charge in [0.05, 0.1) is 6.04 Å². The van der Waals surface area contributed by atoms with Crippen LogP contribution in [0.1, 0.15) is 177 Å². The lowest BCUT2D eigenvalue weighted by Crippen LogP contribution is -2.59. The maximum atomic E-state index is 5.95. The van der Waals surface area contributed by atoms with E-state index >= 15 is 0 Å². The van der Waals surface area contributed by atoms with Gasteiger partial charge in [-0.25, -0.2) is 5.43 Å². The van der Waals surface area contributed by atoms with Crippen LogP contribution in [0.5, 0.6) is 0 Å². The fourth-order valence-corrected chi connectivity index (χ4v) is 8.19. The molecule has 2 atom stereocenters. The summed E-state index contributed by atoms with van der Waals surface area (Å²) >= 11 is 7.89. The Bertz CT molecular complexity index is 559. The number of hydrazine groups is 1. The van der Waals surface area contributed by atoms with Crippen LogP contribution in [0.25, 0.3) is 0 Å². The number of nitrogens with one attached hydrogen (secondary N) is 1. The van der Waals surface area contributed by atoms with Crippen LogP contribution in [0.4, 0.5) is 0 Å². The Kier molecular flexibility index (Phi) is 18.4. The quantitative estimate of drug-likeness (QED) is 0.0997. The zero-order valence-electron chi connectivity index (χ0n) is 26.4. The molecule has 0 radical (unpaired) electrons. The highest BCUT2D eigenvalue weighted by molar-refractivity contribution is 8.23. The van der Waals surface area contributed by atoms with E-state index in [1.165, 1.54) is 122 Å². The number of rotatable bonds is 23. The molecule has 2 unspecified atom stereocenters. The Morgan fingerprint density at radius 2 is 1.11 bits per heavy atom. The normalized spacial score (nSPS) is 18.9. The van der Waals surface area contributed by atoms with E-state index in [1.54, 1.807) is 0 Å². The van der Waals surface area contributed by atoms with Gasteiger partial charge in [-0.15, -0.1) is 0 Å². The lowest BCUT2D eigenvalue weighted by atomic mass is 9.66. The Balaban J connectivity index is 2.83. The van der Waals surface area contributed by atoms with E-state index in [0.29, 0.717) is 17.3 Å². The maximum Gasteiger partial charge on any atom is 0.151 e. The van der Waals surface area contributed by atoms with Crippen molar-refractivity contribution in [2.45, 2.75) is 195 Å². The minimum atomic E-state index is 0.232. The Hall–Kier alpha value is 0.200. The molecule has 1 heterocycles. The fraction of sp³-hybridized carbons (Fsp3) is 0.970. The SMILES string of the molecule is CCCCCCCCCC(C)(C)C(NN1C(=S)SC(CCCC)C1C)C(C)(C)CCCCCCCCC. The van der Waals surface area contributed by atoms with Crippen LogP contribution in [0.15, 0.2) is 0 Å². The van der Waals surface area contributed by atoms with Crippen molar-refractivity contribution in [3.05, 3.63) is 0 Å². The third kappa shape index (κ3) is 13.4. The van der Waals surface area contributed by atoms with E-state index < -0.39 is 0 Å². The number of thioether (sulfide) groups is 1. The molecule has 0 saturated carbocycles. The molecule has 1 N–H and O–H groups in total. The summed E-state index contributed by atoms with van der Waals surface area (Å²) in [5.41, 5.74) is 4.57. The highest BCUT2D eigenvalue weighted by atomic mass is 32.2. The van der Waals surface area contributed by atoms with Crippen LogP contribution in [-0.2, 0) is 0 Å². The molecular formula is C33H66N2S2. The van der Waals surface area contributed by atoms with Crippen LogP contribution in [0.3, 0.4) is 0 Å². The molecule has 0 aliphatic carbocycles. The van der Waals surface area contributed by atoms with Gasteiger partial charge >= 0.3 is 0 Å². The van der Waals surface area contributed by atoms with Crippen molar-refractivity contribution in [2.24, 2.45) is 10.8 Å². The maximum absolute atomic E-state index is 5.95. The minimum Gasteiger partial charge on any atom is -0.289 e. The predicted molar refractivity (Wildman–Crippen MR) is 175 cm³/mol. The van der Waals surface area contributed by atoms with Gasteiger partial charge in [0.2, 0.25) is 0 Å². The summed E-state index contributed by atoms with van der Waals surface area (Å²) in [6.07, 6.45) is 25.8. The van der Waals surface area contributed by atoms with Crippen LogP contribution in [0, 0.1) is 10.8 Å². The predicted octanol–water partition coefficient (Wildman–Crippen LogP) is 11.5. The van der Waals surface area contributed by atoms with Crippen molar-refractivity contribution >= 4 is 28.3 Å². The summed E-state index contributed by atoms with van der Waals surface area (Å²) in [6.45, 7) is 19.4. The molecule has 0 spiro atoms. The van der Waals surface area contributed by atoms with Crippen molar-refractivity contribution in [3.8, 4) is 0 Å². The second-order valence-corrected chi connectivity index (χ2v) is 15.3. The molecule has 37 heavy (non-hydrogen) atoms. The van der Waals surface area contributed by atoms with Crippen molar-refractivity contribution in [3.63, 3.8) is 0 Å². The van der Waals surface area contributed by atoms with E-state index in [-0.39, 0.29) is 10.8 Å². The molecule has 1 aliphatic rings. The highest BCUT2D eigenvalue weighted by Crippen LogP contribution is 2.43. The summed E-state index contributed by atoms with van der Waals surface area (Å²) in [7, 11) is 0. The van der Waals surface area contributed by atoms with E-state index in [0.717, 1.165) is 4.32 Å². The van der Waals surface area contributed by atoms with E-state index in [4.69, 9.17) is 12.2 Å². The van der Waals surface area contributed by atoms with Crippen molar-refractivity contribution in [1.82, 2.24) is 10.4 Å². The van der Waals surface area contributed by atoms with Gasteiger partial charge in [-0.2, -0.15) is 0 Å². The van der Waals surface area contributed by atoms with Gasteiger partial charge in [0.25, 0.3) is 0 Å². The van der Waals surface area contributed by atoms with Crippen LogP contribution in [0.2, 0.25) is 0 Å². The van der Waals surface area contributed by atoms with Gasteiger partial charge in [0.1, 0.15) is 0 Å². The zero-order valence-corrected chi connectivity index (χ0v) is 28.1. The van der Waals surface area contributed by atoms with Gasteiger partial charge in [0, 0.05) is 11.3 Å². The first-order chi connectivity index (χ1) is 17.6. The summed E-state index contributed by atoms with van der Waals surface area (Å²) < 4.78 is 1.07. The second-order valence-electron chi connectivity index (χ2n) is 13.5. The number of nitrogens with zero attached hydrogens (tertiary/aromatic N) is 1. The molecule has 1 rings (SSSR count). The van der Waals surface area contributed by atoms with Crippen LogP contribution in [-0.4, -0.2) is 26.7 Å². The standard InChI is InChI=1S/C33H66N2S2/c1-9-12-15-17-19-21-23-26-32(5,6)30(33(7,8)27-24-22-20-18-16-13-10-2)34-35-28(4)29(25-14-11-3)37-31(35)36/h28-30,34H,9-27H2,1-8H3. The first-order valence-electron chi connectivity index (χ1n) is 16.4. The Morgan fingerprint density at radius 3 is 1.54 bits per heavy atom. The fourth-order valence-electron chi connectivity index (χ4n) is 6.40. The molecule has 0 aromatic rings. The number of thiocarbonyl (C=S) groups is 1. The monoisotopic (exact) mass is 554 g/mol.